The number of ether oxygens (including phenoxy) is 1. The lowest BCUT2D eigenvalue weighted by Gasteiger charge is -2.05. The van der Waals surface area contributed by atoms with Gasteiger partial charge in [-0.3, -0.25) is 14.9 Å². The molecule has 0 aliphatic heterocycles. The fraction of sp³-hybridized carbons (Fsp3) is 0.250. The van der Waals surface area contributed by atoms with E-state index < -0.39 is 16.7 Å². The van der Waals surface area contributed by atoms with Crippen LogP contribution in [0.4, 0.5) is 5.88 Å². The minimum Gasteiger partial charge on any atom is -0.497 e. The van der Waals surface area contributed by atoms with Crippen molar-refractivity contribution in [3.63, 3.8) is 0 Å². The second kappa shape index (κ2) is 7.75. The number of aromatic nitrogens is 1. The molecule has 0 atom stereocenters. The molecule has 0 N–H and O–H groups in total. The highest BCUT2D eigenvalue weighted by Crippen LogP contribution is 2.23. The zero-order chi connectivity index (χ0) is 18.7. The van der Waals surface area contributed by atoms with E-state index in [1.54, 1.807) is 18.9 Å². The van der Waals surface area contributed by atoms with Gasteiger partial charge in [-0.2, -0.15) is 16.8 Å². The molecule has 2 aromatic heterocycles. The number of thiazole rings is 1. The Balaban J connectivity index is 2.07. The molecule has 0 aliphatic carbocycles. The van der Waals surface area contributed by atoms with E-state index in [0.717, 1.165) is 22.0 Å². The monoisotopic (exact) mass is 393 g/mol. The Kier molecular flexibility index (Phi) is 5.43. The summed E-state index contributed by atoms with van der Waals surface area (Å²) in [6.07, 6.45) is 2.00. The van der Waals surface area contributed by atoms with E-state index >= 15 is 0 Å². The zero-order valence-corrected chi connectivity index (χ0v) is 15.6. The maximum Gasteiger partial charge on any atom is 0.433 e. The maximum absolute atomic E-state index is 12.4. The van der Waals surface area contributed by atoms with Gasteiger partial charge in [0.25, 0.3) is 0 Å². The van der Waals surface area contributed by atoms with Gasteiger partial charge in [-0.1, -0.05) is 11.3 Å². The molecule has 1 aromatic carbocycles. The number of nitro groups is 1. The SMILES string of the molecule is COc1ccc2sc(=NC(=O)c3ccc([N+](=O)[O-])o3)n(CCSC)c2c1. The Hall–Kier alpha value is -2.59. The number of thioether (sulfide) groups is 1. The molecule has 0 aliphatic rings. The summed E-state index contributed by atoms with van der Waals surface area (Å²) >= 11 is 3.05. The van der Waals surface area contributed by atoms with Crippen LogP contribution >= 0.6 is 23.1 Å². The highest BCUT2D eigenvalue weighted by atomic mass is 32.2. The van der Waals surface area contributed by atoms with E-state index in [1.165, 1.54) is 17.4 Å². The average molecular weight is 393 g/mol. The number of rotatable bonds is 6. The van der Waals surface area contributed by atoms with Crippen molar-refractivity contribution in [1.82, 2.24) is 4.57 Å². The predicted molar refractivity (Wildman–Crippen MR) is 100 cm³/mol. The molecule has 0 radical (unpaired) electrons. The fourth-order valence-corrected chi connectivity index (χ4v) is 3.74. The normalized spacial score (nSPS) is 11.8. The van der Waals surface area contributed by atoms with Gasteiger partial charge in [0.1, 0.15) is 10.7 Å². The van der Waals surface area contributed by atoms with Gasteiger partial charge in [0.05, 0.1) is 23.4 Å². The third kappa shape index (κ3) is 3.65. The van der Waals surface area contributed by atoms with Crippen LogP contribution in [-0.4, -0.2) is 34.5 Å². The third-order valence-electron chi connectivity index (χ3n) is 3.59. The average Bonchev–Trinajstić information content (AvgIpc) is 3.24. The van der Waals surface area contributed by atoms with E-state index in [1.807, 2.05) is 29.0 Å². The number of aryl methyl sites for hydroxylation is 1. The number of benzene rings is 1. The number of hydrogen-bond acceptors (Lipinski definition) is 7. The molecule has 2 heterocycles. The van der Waals surface area contributed by atoms with E-state index in [2.05, 4.69) is 4.99 Å². The van der Waals surface area contributed by atoms with Crippen molar-refractivity contribution < 1.29 is 18.9 Å². The molecule has 136 valence electrons. The third-order valence-corrected chi connectivity index (χ3v) is 5.24. The fourth-order valence-electron chi connectivity index (χ4n) is 2.34. The highest BCUT2D eigenvalue weighted by Gasteiger charge is 2.17. The van der Waals surface area contributed by atoms with Gasteiger partial charge < -0.3 is 13.7 Å². The molecule has 3 rings (SSSR count). The molecule has 0 bridgehead atoms. The van der Waals surface area contributed by atoms with Crippen LogP contribution in [0.5, 0.6) is 5.75 Å². The van der Waals surface area contributed by atoms with Crippen LogP contribution in [0.15, 0.2) is 39.7 Å². The Morgan fingerprint density at radius 2 is 2.23 bits per heavy atom. The molecule has 8 nitrogen and oxygen atoms in total. The summed E-state index contributed by atoms with van der Waals surface area (Å²) in [5.74, 6) is 0.252. The van der Waals surface area contributed by atoms with Gasteiger partial charge in [-0.25, -0.2) is 0 Å². The summed E-state index contributed by atoms with van der Waals surface area (Å²) in [4.78, 5) is 27.0. The number of carbonyl (C=O) groups excluding carboxylic acids is 1. The molecule has 0 saturated carbocycles. The summed E-state index contributed by atoms with van der Waals surface area (Å²) < 4.78 is 13.1. The van der Waals surface area contributed by atoms with Crippen molar-refractivity contribution in [3.05, 3.63) is 51.0 Å². The van der Waals surface area contributed by atoms with Gasteiger partial charge in [0.2, 0.25) is 5.76 Å². The van der Waals surface area contributed by atoms with Crippen molar-refractivity contribution in [2.24, 2.45) is 4.99 Å². The summed E-state index contributed by atoms with van der Waals surface area (Å²) in [7, 11) is 1.60. The molecule has 0 spiro atoms. The number of methoxy groups -OCH3 is 1. The lowest BCUT2D eigenvalue weighted by atomic mass is 10.3. The van der Waals surface area contributed by atoms with E-state index in [-0.39, 0.29) is 5.76 Å². The second-order valence-electron chi connectivity index (χ2n) is 5.17. The summed E-state index contributed by atoms with van der Waals surface area (Å²) in [5.41, 5.74) is 0.917. The van der Waals surface area contributed by atoms with Crippen molar-refractivity contribution >= 4 is 45.1 Å². The number of fused-ring (bicyclic) bond motifs is 1. The Morgan fingerprint density at radius 3 is 2.88 bits per heavy atom. The molecule has 0 unspecified atom stereocenters. The lowest BCUT2D eigenvalue weighted by molar-refractivity contribution is -0.402. The van der Waals surface area contributed by atoms with Gasteiger partial charge in [-0.05, 0) is 24.5 Å². The summed E-state index contributed by atoms with van der Waals surface area (Å²) in [5, 5.41) is 10.7. The van der Waals surface area contributed by atoms with Crippen LogP contribution in [0, 0.1) is 10.1 Å². The first-order valence-electron chi connectivity index (χ1n) is 7.53. The van der Waals surface area contributed by atoms with E-state index in [4.69, 9.17) is 9.15 Å². The molecular weight excluding hydrogens is 378 g/mol. The van der Waals surface area contributed by atoms with Crippen LogP contribution in [0.25, 0.3) is 10.2 Å². The molecular formula is C16H15N3O5S2. The Labute approximate surface area is 156 Å². The van der Waals surface area contributed by atoms with Gasteiger partial charge in [0, 0.05) is 18.4 Å². The topological polar surface area (TPSA) is 99.9 Å². The molecule has 0 saturated heterocycles. The number of amides is 1. The largest absolute Gasteiger partial charge is 0.497 e. The standard InChI is InChI=1S/C16H15N3O5S2/c1-23-10-3-5-13-11(9-10)18(7-8-25-2)16(26-13)17-15(20)12-4-6-14(24-12)19(21)22/h3-6,9H,7-8H2,1-2H3. The van der Waals surface area contributed by atoms with Crippen LogP contribution < -0.4 is 9.54 Å². The van der Waals surface area contributed by atoms with Crippen molar-refractivity contribution in [1.29, 1.82) is 0 Å². The van der Waals surface area contributed by atoms with Crippen molar-refractivity contribution in [2.45, 2.75) is 6.54 Å². The smallest absolute Gasteiger partial charge is 0.433 e. The predicted octanol–water partition coefficient (Wildman–Crippen LogP) is 3.32. The molecule has 0 fully saturated rings. The number of furan rings is 1. The molecule has 10 heteroatoms. The van der Waals surface area contributed by atoms with Crippen LogP contribution in [0.2, 0.25) is 0 Å². The molecule has 26 heavy (non-hydrogen) atoms. The van der Waals surface area contributed by atoms with Crippen LogP contribution in [-0.2, 0) is 6.54 Å². The van der Waals surface area contributed by atoms with E-state index in [9.17, 15) is 14.9 Å². The van der Waals surface area contributed by atoms with Gasteiger partial charge in [0.15, 0.2) is 4.80 Å². The van der Waals surface area contributed by atoms with Crippen LogP contribution in [0.1, 0.15) is 10.6 Å². The molecule has 3 aromatic rings. The number of hydrogen-bond donors (Lipinski definition) is 0. The summed E-state index contributed by atoms with van der Waals surface area (Å²) in [6.45, 7) is 0.665. The highest BCUT2D eigenvalue weighted by molar-refractivity contribution is 7.98. The minimum absolute atomic E-state index is 0.164. The first kappa shape index (κ1) is 18.2. The number of nitrogens with zero attached hydrogens (tertiary/aromatic N) is 3. The van der Waals surface area contributed by atoms with Crippen molar-refractivity contribution in [3.8, 4) is 5.75 Å². The van der Waals surface area contributed by atoms with Gasteiger partial charge >= 0.3 is 11.8 Å². The zero-order valence-electron chi connectivity index (χ0n) is 14.0. The van der Waals surface area contributed by atoms with Crippen molar-refractivity contribution in [2.75, 3.05) is 19.1 Å². The van der Waals surface area contributed by atoms with E-state index in [0.29, 0.717) is 17.1 Å². The number of carbonyl (C=O) groups is 1. The minimum atomic E-state index is -0.693. The van der Waals surface area contributed by atoms with Crippen LogP contribution in [0.3, 0.4) is 0 Å². The quantitative estimate of drug-likeness (QED) is 0.470. The first-order chi connectivity index (χ1) is 12.5. The lowest BCUT2D eigenvalue weighted by Crippen LogP contribution is -2.18. The first-order valence-corrected chi connectivity index (χ1v) is 9.74. The van der Waals surface area contributed by atoms with Gasteiger partial charge in [-0.15, -0.1) is 0 Å². The molecule has 1 amide bonds. The Morgan fingerprint density at radius 1 is 1.42 bits per heavy atom. The Bertz CT molecular complexity index is 1030. The second-order valence-corrected chi connectivity index (χ2v) is 7.17. The maximum atomic E-state index is 12.4. The summed E-state index contributed by atoms with van der Waals surface area (Å²) in [6, 6.07) is 8.05.